The fraction of sp³-hybridized carbons (Fsp3) is 0.733. The molecular formula is C15H29N5. The second-order valence-corrected chi connectivity index (χ2v) is 5.48. The minimum atomic E-state index is 0.598. The first-order valence-corrected chi connectivity index (χ1v) is 7.55. The first kappa shape index (κ1) is 16.7. The molecule has 0 saturated heterocycles. The van der Waals surface area contributed by atoms with E-state index < -0.39 is 0 Å². The molecule has 0 unspecified atom stereocenters. The van der Waals surface area contributed by atoms with Gasteiger partial charge in [-0.2, -0.15) is 0 Å². The highest BCUT2D eigenvalue weighted by atomic mass is 15.1. The molecule has 2 N–H and O–H groups in total. The van der Waals surface area contributed by atoms with Crippen molar-refractivity contribution in [3.8, 4) is 0 Å². The minimum absolute atomic E-state index is 0.598. The van der Waals surface area contributed by atoms with E-state index in [0.29, 0.717) is 6.04 Å². The Bertz CT molecular complexity index is 392. The maximum atomic E-state index is 4.32. The van der Waals surface area contributed by atoms with E-state index in [9.17, 15) is 0 Å². The Morgan fingerprint density at radius 2 is 1.75 bits per heavy atom. The van der Waals surface area contributed by atoms with Crippen LogP contribution in [-0.2, 0) is 0 Å². The van der Waals surface area contributed by atoms with E-state index in [4.69, 9.17) is 0 Å². The molecule has 1 aromatic heterocycles. The van der Waals surface area contributed by atoms with Crippen LogP contribution in [0.25, 0.3) is 0 Å². The molecule has 5 nitrogen and oxygen atoms in total. The Kier molecular flexibility index (Phi) is 7.30. The highest BCUT2D eigenvalue weighted by Crippen LogP contribution is 2.17. The number of hydrogen-bond donors (Lipinski definition) is 2. The second kappa shape index (κ2) is 8.74. The third-order valence-electron chi connectivity index (χ3n) is 3.49. The van der Waals surface area contributed by atoms with Crippen LogP contribution in [0.3, 0.4) is 0 Å². The lowest BCUT2D eigenvalue weighted by Gasteiger charge is -2.21. The quantitative estimate of drug-likeness (QED) is 0.681. The molecule has 0 radical (unpaired) electrons. The van der Waals surface area contributed by atoms with Crippen LogP contribution in [0.2, 0.25) is 0 Å². The molecule has 0 aliphatic heterocycles. The number of rotatable bonds is 9. The van der Waals surface area contributed by atoms with E-state index in [0.717, 1.165) is 49.7 Å². The summed E-state index contributed by atoms with van der Waals surface area (Å²) in [7, 11) is 2.16. The summed E-state index contributed by atoms with van der Waals surface area (Å²) >= 11 is 0. The zero-order chi connectivity index (χ0) is 15.0. The van der Waals surface area contributed by atoms with Crippen LogP contribution >= 0.6 is 0 Å². The Morgan fingerprint density at radius 3 is 2.30 bits per heavy atom. The highest BCUT2D eigenvalue weighted by molar-refractivity contribution is 5.56. The van der Waals surface area contributed by atoms with Crippen LogP contribution in [0.1, 0.15) is 39.2 Å². The minimum Gasteiger partial charge on any atom is -0.370 e. The van der Waals surface area contributed by atoms with Gasteiger partial charge in [-0.05, 0) is 47.2 Å². The largest absolute Gasteiger partial charge is 0.370 e. The number of hydrogen-bond acceptors (Lipinski definition) is 5. The van der Waals surface area contributed by atoms with Gasteiger partial charge in [0.15, 0.2) is 0 Å². The zero-order valence-corrected chi connectivity index (χ0v) is 13.5. The summed E-state index contributed by atoms with van der Waals surface area (Å²) in [6.07, 6.45) is 3.82. The van der Waals surface area contributed by atoms with Gasteiger partial charge >= 0.3 is 0 Å². The van der Waals surface area contributed by atoms with E-state index in [2.05, 4.69) is 60.2 Å². The molecule has 5 heteroatoms. The molecule has 0 aliphatic carbocycles. The monoisotopic (exact) mass is 279 g/mol. The maximum Gasteiger partial charge on any atom is 0.134 e. The van der Waals surface area contributed by atoms with Crippen molar-refractivity contribution in [1.29, 1.82) is 0 Å². The Labute approximate surface area is 123 Å². The third-order valence-corrected chi connectivity index (χ3v) is 3.49. The summed E-state index contributed by atoms with van der Waals surface area (Å²) in [5.74, 6) is 1.87. The van der Waals surface area contributed by atoms with E-state index in [1.807, 2.05) is 0 Å². The number of anilines is 2. The van der Waals surface area contributed by atoms with E-state index >= 15 is 0 Å². The zero-order valence-electron chi connectivity index (χ0n) is 13.5. The molecule has 20 heavy (non-hydrogen) atoms. The Balaban J connectivity index is 2.44. The first-order valence-electron chi connectivity index (χ1n) is 7.55. The van der Waals surface area contributed by atoms with Gasteiger partial charge in [-0.25, -0.2) is 9.97 Å². The normalized spacial score (nSPS) is 11.2. The van der Waals surface area contributed by atoms with Gasteiger partial charge in [0.2, 0.25) is 0 Å². The van der Waals surface area contributed by atoms with Crippen molar-refractivity contribution in [1.82, 2.24) is 14.9 Å². The molecule has 0 bridgehead atoms. The lowest BCUT2D eigenvalue weighted by atomic mass is 10.3. The van der Waals surface area contributed by atoms with Crippen molar-refractivity contribution in [2.45, 2.75) is 46.6 Å². The van der Waals surface area contributed by atoms with Gasteiger partial charge in [-0.1, -0.05) is 6.92 Å². The summed E-state index contributed by atoms with van der Waals surface area (Å²) in [4.78, 5) is 11.0. The van der Waals surface area contributed by atoms with Gasteiger partial charge in [-0.3, -0.25) is 0 Å². The summed E-state index contributed by atoms with van der Waals surface area (Å²) < 4.78 is 0. The molecule has 0 amide bonds. The van der Waals surface area contributed by atoms with Gasteiger partial charge in [0.05, 0.1) is 0 Å². The Hall–Kier alpha value is -1.36. The van der Waals surface area contributed by atoms with Crippen molar-refractivity contribution in [3.63, 3.8) is 0 Å². The van der Waals surface area contributed by atoms with Gasteiger partial charge in [-0.15, -0.1) is 0 Å². The highest BCUT2D eigenvalue weighted by Gasteiger charge is 2.06. The van der Waals surface area contributed by atoms with Crippen LogP contribution in [0, 0.1) is 6.92 Å². The van der Waals surface area contributed by atoms with Gasteiger partial charge in [0.25, 0.3) is 0 Å². The predicted octanol–water partition coefficient (Wildman–Crippen LogP) is 2.75. The summed E-state index contributed by atoms with van der Waals surface area (Å²) in [6.45, 7) is 11.6. The van der Waals surface area contributed by atoms with E-state index in [1.165, 1.54) is 0 Å². The number of nitrogens with one attached hydrogen (secondary N) is 2. The van der Waals surface area contributed by atoms with Gasteiger partial charge < -0.3 is 15.5 Å². The molecule has 1 heterocycles. The molecule has 0 atom stereocenters. The maximum absolute atomic E-state index is 4.32. The summed E-state index contributed by atoms with van der Waals surface area (Å²) in [5, 5.41) is 6.73. The fourth-order valence-electron chi connectivity index (χ4n) is 1.84. The molecule has 0 aliphatic rings. The molecule has 0 aromatic carbocycles. The number of aromatic nitrogens is 2. The number of nitrogens with zero attached hydrogens (tertiary/aromatic N) is 3. The molecule has 114 valence electrons. The van der Waals surface area contributed by atoms with Crippen LogP contribution in [-0.4, -0.2) is 47.6 Å². The summed E-state index contributed by atoms with van der Waals surface area (Å²) in [5.41, 5.74) is 1.10. The average molecular weight is 279 g/mol. The van der Waals surface area contributed by atoms with E-state index in [-0.39, 0.29) is 0 Å². The fourth-order valence-corrected chi connectivity index (χ4v) is 1.84. The van der Waals surface area contributed by atoms with Crippen LogP contribution in [0.4, 0.5) is 11.6 Å². The van der Waals surface area contributed by atoms with Crippen LogP contribution in [0.5, 0.6) is 0 Å². The molecule has 1 aromatic rings. The molecule has 0 saturated carbocycles. The lowest BCUT2D eigenvalue weighted by Crippen LogP contribution is -2.28. The molecule has 0 fully saturated rings. The van der Waals surface area contributed by atoms with Gasteiger partial charge in [0, 0.05) is 24.7 Å². The van der Waals surface area contributed by atoms with Crippen molar-refractivity contribution >= 4 is 11.6 Å². The summed E-state index contributed by atoms with van der Waals surface area (Å²) in [6, 6.07) is 0.598. The smallest absolute Gasteiger partial charge is 0.134 e. The van der Waals surface area contributed by atoms with Crippen molar-refractivity contribution < 1.29 is 0 Å². The molecular weight excluding hydrogens is 250 g/mol. The SMILES string of the molecule is CCCNc1ncnc(NCCCN(C)C(C)C)c1C. The standard InChI is InChI=1S/C15H29N5/c1-6-8-16-14-13(4)15(19-11-18-14)17-9-7-10-20(5)12(2)3/h11-12H,6-10H2,1-5H3,(H2,16,17,18,19). The predicted molar refractivity (Wildman–Crippen MR) is 86.4 cm³/mol. The Morgan fingerprint density at radius 1 is 1.15 bits per heavy atom. The average Bonchev–Trinajstić information content (AvgIpc) is 2.43. The molecule has 0 spiro atoms. The topological polar surface area (TPSA) is 53.1 Å². The molecule has 1 rings (SSSR count). The lowest BCUT2D eigenvalue weighted by molar-refractivity contribution is 0.273. The van der Waals surface area contributed by atoms with E-state index in [1.54, 1.807) is 6.33 Å². The van der Waals surface area contributed by atoms with Crippen molar-refractivity contribution in [2.75, 3.05) is 37.3 Å². The van der Waals surface area contributed by atoms with Crippen LogP contribution < -0.4 is 10.6 Å². The first-order chi connectivity index (χ1) is 9.56. The second-order valence-electron chi connectivity index (χ2n) is 5.48. The third kappa shape index (κ3) is 5.33. The van der Waals surface area contributed by atoms with Crippen molar-refractivity contribution in [3.05, 3.63) is 11.9 Å². The van der Waals surface area contributed by atoms with Gasteiger partial charge in [0.1, 0.15) is 18.0 Å². The van der Waals surface area contributed by atoms with Crippen LogP contribution in [0.15, 0.2) is 6.33 Å². The van der Waals surface area contributed by atoms with Crippen molar-refractivity contribution in [2.24, 2.45) is 0 Å².